The second kappa shape index (κ2) is 9.28. The maximum Gasteiger partial charge on any atom is 0.419 e. The van der Waals surface area contributed by atoms with Gasteiger partial charge in [-0.15, -0.1) is 0 Å². The molecule has 0 spiro atoms. The first-order chi connectivity index (χ1) is 17.0. The van der Waals surface area contributed by atoms with Gasteiger partial charge in [0.2, 0.25) is 0 Å². The fourth-order valence-corrected chi connectivity index (χ4v) is 5.12. The van der Waals surface area contributed by atoms with E-state index in [2.05, 4.69) is 20.2 Å². The molecule has 1 aromatic carbocycles. The summed E-state index contributed by atoms with van der Waals surface area (Å²) in [5, 5.41) is 8.54. The highest BCUT2D eigenvalue weighted by Crippen LogP contribution is 2.42. The van der Waals surface area contributed by atoms with Crippen LogP contribution in [0.25, 0.3) is 22.2 Å². The number of H-pyrrole nitrogens is 1. The first-order valence-electron chi connectivity index (χ1n) is 11.0. The van der Waals surface area contributed by atoms with Crippen LogP contribution < -0.4 is 9.64 Å². The number of anilines is 1. The smallest absolute Gasteiger partial charge is 0.419 e. The molecule has 1 N–H and O–H groups in total. The van der Waals surface area contributed by atoms with Crippen molar-refractivity contribution in [2.45, 2.75) is 38.6 Å². The number of rotatable bonds is 5. The SMILES string of the molecule is C[C@@H]1CCN1c1ncc(-c2n[nH]c3cc(Cl)c(O[C@H](C)c4c(Cl)cncc4Cl)cc23)cc1C(F)(F)F. The Morgan fingerprint density at radius 3 is 2.42 bits per heavy atom. The monoisotopic (exact) mass is 555 g/mol. The van der Waals surface area contributed by atoms with E-state index in [9.17, 15) is 13.2 Å². The van der Waals surface area contributed by atoms with Crippen molar-refractivity contribution in [3.05, 3.63) is 63.0 Å². The number of hydrogen-bond acceptors (Lipinski definition) is 5. The normalized spacial score (nSPS) is 16.8. The third-order valence-corrected chi connectivity index (χ3v) is 7.15. The second-order valence-electron chi connectivity index (χ2n) is 8.60. The van der Waals surface area contributed by atoms with Crippen LogP contribution >= 0.6 is 34.8 Å². The summed E-state index contributed by atoms with van der Waals surface area (Å²) in [7, 11) is 0. The topological polar surface area (TPSA) is 66.9 Å². The van der Waals surface area contributed by atoms with Gasteiger partial charge in [0.15, 0.2) is 0 Å². The number of fused-ring (bicyclic) bond motifs is 1. The van der Waals surface area contributed by atoms with E-state index in [1.54, 1.807) is 24.0 Å². The molecule has 1 aliphatic rings. The molecule has 0 bridgehead atoms. The first kappa shape index (κ1) is 24.9. The fourth-order valence-electron chi connectivity index (χ4n) is 4.24. The van der Waals surface area contributed by atoms with Crippen molar-refractivity contribution in [2.75, 3.05) is 11.4 Å². The summed E-state index contributed by atoms with van der Waals surface area (Å²) in [6.07, 6.45) is -0.0260. The fraction of sp³-hybridized carbons (Fsp3) is 0.292. The molecule has 5 rings (SSSR count). The molecule has 0 aliphatic carbocycles. The minimum Gasteiger partial charge on any atom is -0.484 e. The molecular formula is C24H19Cl3F3N5O. The van der Waals surface area contributed by atoms with E-state index in [0.717, 1.165) is 12.5 Å². The van der Waals surface area contributed by atoms with E-state index in [1.165, 1.54) is 18.6 Å². The van der Waals surface area contributed by atoms with E-state index < -0.39 is 17.8 Å². The molecule has 4 heterocycles. The third-order valence-electron chi connectivity index (χ3n) is 6.25. The number of nitrogens with zero attached hydrogens (tertiary/aromatic N) is 4. The van der Waals surface area contributed by atoms with E-state index in [4.69, 9.17) is 39.5 Å². The van der Waals surface area contributed by atoms with Crippen LogP contribution in [0, 0.1) is 0 Å². The number of aromatic nitrogens is 4. The van der Waals surface area contributed by atoms with Crippen LogP contribution in [0.4, 0.5) is 19.0 Å². The van der Waals surface area contributed by atoms with E-state index in [-0.39, 0.29) is 22.4 Å². The van der Waals surface area contributed by atoms with Gasteiger partial charge in [-0.2, -0.15) is 18.3 Å². The number of halogens is 6. The Kier molecular flexibility index (Phi) is 6.43. The molecular weight excluding hydrogens is 538 g/mol. The van der Waals surface area contributed by atoms with Crippen molar-refractivity contribution < 1.29 is 17.9 Å². The Balaban J connectivity index is 1.55. The Labute approximate surface area is 219 Å². The van der Waals surface area contributed by atoms with Crippen LogP contribution in [-0.4, -0.2) is 32.8 Å². The van der Waals surface area contributed by atoms with E-state index >= 15 is 0 Å². The molecule has 2 atom stereocenters. The summed E-state index contributed by atoms with van der Waals surface area (Å²) in [6, 6.07) is 4.30. The van der Waals surface area contributed by atoms with Gasteiger partial charge in [0.05, 0.1) is 26.1 Å². The van der Waals surface area contributed by atoms with Crippen molar-refractivity contribution in [3.8, 4) is 17.0 Å². The lowest BCUT2D eigenvalue weighted by Crippen LogP contribution is -2.47. The molecule has 0 amide bonds. The number of ether oxygens (including phenoxy) is 1. The Bertz CT molecular complexity index is 1440. The predicted molar refractivity (Wildman–Crippen MR) is 134 cm³/mol. The molecule has 12 heteroatoms. The maximum atomic E-state index is 14.0. The van der Waals surface area contributed by atoms with Gasteiger partial charge in [-0.1, -0.05) is 34.8 Å². The van der Waals surface area contributed by atoms with Crippen LogP contribution in [-0.2, 0) is 6.18 Å². The van der Waals surface area contributed by atoms with Crippen molar-refractivity contribution >= 4 is 51.5 Å². The van der Waals surface area contributed by atoms with Crippen molar-refractivity contribution in [1.82, 2.24) is 20.2 Å². The number of nitrogens with one attached hydrogen (secondary N) is 1. The zero-order valence-electron chi connectivity index (χ0n) is 19.0. The van der Waals surface area contributed by atoms with Gasteiger partial charge in [0, 0.05) is 47.7 Å². The zero-order valence-corrected chi connectivity index (χ0v) is 21.3. The number of pyridine rings is 2. The van der Waals surface area contributed by atoms with Gasteiger partial charge in [0.1, 0.15) is 23.4 Å². The number of aromatic amines is 1. The van der Waals surface area contributed by atoms with Crippen molar-refractivity contribution in [3.63, 3.8) is 0 Å². The lowest BCUT2D eigenvalue weighted by atomic mass is 10.0. The molecule has 188 valence electrons. The lowest BCUT2D eigenvalue weighted by molar-refractivity contribution is -0.137. The Hall–Kier alpha value is -2.75. The van der Waals surface area contributed by atoms with Crippen molar-refractivity contribution in [1.29, 1.82) is 0 Å². The highest BCUT2D eigenvalue weighted by molar-refractivity contribution is 6.36. The van der Waals surface area contributed by atoms with Gasteiger partial charge in [-0.3, -0.25) is 10.1 Å². The van der Waals surface area contributed by atoms with Gasteiger partial charge in [0.25, 0.3) is 0 Å². The third kappa shape index (κ3) is 4.44. The molecule has 0 unspecified atom stereocenters. The van der Waals surface area contributed by atoms with E-state index in [0.29, 0.717) is 44.5 Å². The minimum atomic E-state index is -4.57. The summed E-state index contributed by atoms with van der Waals surface area (Å²) in [4.78, 5) is 9.78. The Morgan fingerprint density at radius 2 is 1.81 bits per heavy atom. The highest BCUT2D eigenvalue weighted by Gasteiger charge is 2.39. The van der Waals surface area contributed by atoms with Gasteiger partial charge >= 0.3 is 6.18 Å². The summed E-state index contributed by atoms with van der Waals surface area (Å²) in [6.45, 7) is 4.16. The minimum absolute atomic E-state index is 0.00176. The first-order valence-corrected chi connectivity index (χ1v) is 12.2. The van der Waals surface area contributed by atoms with Crippen LogP contribution in [0.3, 0.4) is 0 Å². The molecule has 1 aliphatic heterocycles. The molecule has 0 radical (unpaired) electrons. The van der Waals surface area contributed by atoms with E-state index in [1.807, 2.05) is 6.92 Å². The van der Waals surface area contributed by atoms with Gasteiger partial charge in [-0.25, -0.2) is 4.98 Å². The second-order valence-corrected chi connectivity index (χ2v) is 9.82. The van der Waals surface area contributed by atoms with Crippen molar-refractivity contribution in [2.24, 2.45) is 0 Å². The van der Waals surface area contributed by atoms with Crippen LogP contribution in [0.2, 0.25) is 15.1 Å². The van der Waals surface area contributed by atoms with Crippen LogP contribution in [0.5, 0.6) is 5.75 Å². The van der Waals surface area contributed by atoms with Crippen LogP contribution in [0.1, 0.15) is 37.5 Å². The summed E-state index contributed by atoms with van der Waals surface area (Å²) in [5.74, 6) is 0.218. The molecule has 3 aromatic heterocycles. The average Bonchev–Trinajstić information content (AvgIpc) is 3.20. The molecule has 6 nitrogen and oxygen atoms in total. The lowest BCUT2D eigenvalue weighted by Gasteiger charge is -2.40. The predicted octanol–water partition coefficient (Wildman–Crippen LogP) is 7.74. The molecule has 1 saturated heterocycles. The molecule has 36 heavy (non-hydrogen) atoms. The standard InChI is InChI=1S/C24H19Cl3F3N5O/c1-11-3-4-35(11)23-15(24(28,29)30)5-13(8-32-23)22-14-6-20(16(25)7-19(14)33-34-22)36-12(2)21-17(26)9-31-10-18(21)27/h5-12H,3-4H2,1-2H3,(H,33,34)/t11-,12-/m1/s1. The summed E-state index contributed by atoms with van der Waals surface area (Å²) < 4.78 is 47.9. The number of hydrogen-bond donors (Lipinski definition) is 1. The molecule has 0 saturated carbocycles. The van der Waals surface area contributed by atoms with Crippen LogP contribution in [0.15, 0.2) is 36.8 Å². The number of benzene rings is 1. The zero-order chi connectivity index (χ0) is 25.8. The van der Waals surface area contributed by atoms with Gasteiger partial charge in [-0.05, 0) is 38.5 Å². The largest absolute Gasteiger partial charge is 0.484 e. The Morgan fingerprint density at radius 1 is 1.08 bits per heavy atom. The van der Waals surface area contributed by atoms with Gasteiger partial charge < -0.3 is 9.64 Å². The molecule has 4 aromatic rings. The summed E-state index contributed by atoms with van der Waals surface area (Å²) >= 11 is 18.9. The molecule has 1 fully saturated rings. The highest BCUT2D eigenvalue weighted by atomic mass is 35.5. The quantitative estimate of drug-likeness (QED) is 0.272. The maximum absolute atomic E-state index is 14.0. The average molecular weight is 557 g/mol. The summed E-state index contributed by atoms with van der Waals surface area (Å²) in [5.41, 5.74) is 0.770. The number of alkyl halides is 3.